The van der Waals surface area contributed by atoms with Gasteiger partial charge in [-0.05, 0) is 44.0 Å². The molecule has 0 bridgehead atoms. The molecule has 0 saturated heterocycles. The fourth-order valence-corrected chi connectivity index (χ4v) is 4.12. The number of para-hydroxylation sites is 1. The Kier molecular flexibility index (Phi) is 6.13. The number of hydrogen-bond acceptors (Lipinski definition) is 3. The standard InChI is InChI=1S/C20H26N4O2S/c1-3-21-20(24-15-12-17-6-4-5-7-19(17)24)22-13-14-23-27(25,26)18-10-8-16(2)9-11-18/h4-11,23H,3,12-15H2,1-2H3,(H,21,22). The second-order valence-corrected chi connectivity index (χ2v) is 8.24. The summed E-state index contributed by atoms with van der Waals surface area (Å²) in [5.41, 5.74) is 3.50. The molecule has 1 heterocycles. The van der Waals surface area contributed by atoms with Crippen LogP contribution >= 0.6 is 0 Å². The minimum Gasteiger partial charge on any atom is -0.356 e. The molecule has 0 saturated carbocycles. The van der Waals surface area contributed by atoms with Gasteiger partial charge in [0, 0.05) is 25.3 Å². The number of hydrogen-bond donors (Lipinski definition) is 2. The summed E-state index contributed by atoms with van der Waals surface area (Å²) in [5.74, 6) is 0.789. The van der Waals surface area contributed by atoms with E-state index in [0.29, 0.717) is 6.54 Å². The Bertz CT molecular complexity index is 908. The van der Waals surface area contributed by atoms with Crippen molar-refractivity contribution >= 4 is 21.7 Å². The van der Waals surface area contributed by atoms with Crippen LogP contribution in [-0.2, 0) is 16.4 Å². The number of aliphatic imine (C=N–C) groups is 1. The Morgan fingerprint density at radius 2 is 1.89 bits per heavy atom. The van der Waals surface area contributed by atoms with Crippen LogP contribution in [0.3, 0.4) is 0 Å². The topological polar surface area (TPSA) is 73.8 Å². The van der Waals surface area contributed by atoms with Gasteiger partial charge in [-0.25, -0.2) is 13.1 Å². The van der Waals surface area contributed by atoms with Crippen molar-refractivity contribution in [2.75, 3.05) is 31.1 Å². The number of nitrogens with zero attached hydrogens (tertiary/aromatic N) is 2. The molecular weight excluding hydrogens is 360 g/mol. The highest BCUT2D eigenvalue weighted by atomic mass is 32.2. The maximum Gasteiger partial charge on any atom is 0.240 e. The first-order valence-corrected chi connectivity index (χ1v) is 10.7. The molecule has 2 aromatic carbocycles. The maximum absolute atomic E-state index is 12.3. The fourth-order valence-electron chi connectivity index (χ4n) is 3.10. The lowest BCUT2D eigenvalue weighted by Gasteiger charge is -2.22. The van der Waals surface area contributed by atoms with Crippen LogP contribution in [0.2, 0.25) is 0 Å². The largest absolute Gasteiger partial charge is 0.356 e. The quantitative estimate of drug-likeness (QED) is 0.454. The number of anilines is 1. The summed E-state index contributed by atoms with van der Waals surface area (Å²) in [5, 5.41) is 3.30. The highest BCUT2D eigenvalue weighted by Gasteiger charge is 2.22. The monoisotopic (exact) mass is 386 g/mol. The average Bonchev–Trinajstić information content (AvgIpc) is 3.09. The SMILES string of the molecule is CCNC(=NCCNS(=O)(=O)c1ccc(C)cc1)N1CCc2ccccc21. The van der Waals surface area contributed by atoms with Crippen LogP contribution in [0.5, 0.6) is 0 Å². The van der Waals surface area contributed by atoms with Crippen molar-refractivity contribution in [3.8, 4) is 0 Å². The van der Waals surface area contributed by atoms with E-state index in [1.165, 1.54) is 5.56 Å². The van der Waals surface area contributed by atoms with Gasteiger partial charge in [-0.15, -0.1) is 0 Å². The number of nitrogens with one attached hydrogen (secondary N) is 2. The molecule has 0 unspecified atom stereocenters. The third kappa shape index (κ3) is 4.67. The van der Waals surface area contributed by atoms with E-state index in [9.17, 15) is 8.42 Å². The van der Waals surface area contributed by atoms with Gasteiger partial charge in [0.05, 0.1) is 11.4 Å². The molecule has 1 aliphatic heterocycles. The summed E-state index contributed by atoms with van der Waals surface area (Å²) in [6.45, 7) is 6.20. The average molecular weight is 387 g/mol. The van der Waals surface area contributed by atoms with Crippen molar-refractivity contribution in [2.24, 2.45) is 4.99 Å². The minimum atomic E-state index is -3.51. The molecule has 0 aromatic heterocycles. The number of aryl methyl sites for hydroxylation is 1. The van der Waals surface area contributed by atoms with Gasteiger partial charge in [0.1, 0.15) is 0 Å². The Balaban J connectivity index is 1.64. The van der Waals surface area contributed by atoms with Gasteiger partial charge in [0.2, 0.25) is 10.0 Å². The zero-order chi connectivity index (χ0) is 19.3. The van der Waals surface area contributed by atoms with E-state index >= 15 is 0 Å². The minimum absolute atomic E-state index is 0.251. The van der Waals surface area contributed by atoms with Crippen LogP contribution < -0.4 is 14.9 Å². The second kappa shape index (κ2) is 8.54. The molecule has 1 aliphatic rings. The van der Waals surface area contributed by atoms with Gasteiger partial charge in [0.15, 0.2) is 5.96 Å². The Morgan fingerprint density at radius 3 is 2.63 bits per heavy atom. The van der Waals surface area contributed by atoms with Crippen LogP contribution in [0.1, 0.15) is 18.1 Å². The number of rotatable bonds is 6. The molecule has 0 fully saturated rings. The normalized spacial score (nSPS) is 14.3. The van der Waals surface area contributed by atoms with E-state index in [-0.39, 0.29) is 11.4 Å². The van der Waals surface area contributed by atoms with Gasteiger partial charge in [-0.2, -0.15) is 0 Å². The van der Waals surface area contributed by atoms with Gasteiger partial charge in [0.25, 0.3) is 0 Å². The Morgan fingerprint density at radius 1 is 1.15 bits per heavy atom. The summed E-state index contributed by atoms with van der Waals surface area (Å²) in [4.78, 5) is 7.05. The van der Waals surface area contributed by atoms with Crippen LogP contribution in [0, 0.1) is 6.92 Å². The lowest BCUT2D eigenvalue weighted by atomic mass is 10.2. The summed E-state index contributed by atoms with van der Waals surface area (Å²) < 4.78 is 27.3. The Labute approximate surface area is 161 Å². The van der Waals surface area contributed by atoms with E-state index in [1.807, 2.05) is 26.0 Å². The summed E-state index contributed by atoms with van der Waals surface area (Å²) in [7, 11) is -3.51. The third-order valence-corrected chi connectivity index (χ3v) is 5.95. The van der Waals surface area contributed by atoms with Crippen LogP contribution in [0.25, 0.3) is 0 Å². The molecule has 2 N–H and O–H groups in total. The van der Waals surface area contributed by atoms with E-state index in [4.69, 9.17) is 0 Å². The van der Waals surface area contributed by atoms with E-state index in [0.717, 1.165) is 36.7 Å². The van der Waals surface area contributed by atoms with Crippen molar-refractivity contribution in [2.45, 2.75) is 25.2 Å². The molecule has 0 amide bonds. The van der Waals surface area contributed by atoms with Gasteiger partial charge >= 0.3 is 0 Å². The molecule has 0 radical (unpaired) electrons. The molecule has 144 valence electrons. The van der Waals surface area contributed by atoms with Crippen molar-refractivity contribution in [3.05, 3.63) is 59.7 Å². The molecule has 6 nitrogen and oxygen atoms in total. The molecular formula is C20H26N4O2S. The zero-order valence-corrected chi connectivity index (χ0v) is 16.6. The first-order chi connectivity index (χ1) is 13.0. The molecule has 2 aromatic rings. The summed E-state index contributed by atoms with van der Waals surface area (Å²) in [6.07, 6.45) is 0.987. The molecule has 7 heteroatoms. The van der Waals surface area contributed by atoms with Gasteiger partial charge in [-0.1, -0.05) is 35.9 Å². The van der Waals surface area contributed by atoms with Crippen LogP contribution in [0.4, 0.5) is 5.69 Å². The highest BCUT2D eigenvalue weighted by molar-refractivity contribution is 7.89. The van der Waals surface area contributed by atoms with Crippen molar-refractivity contribution in [1.82, 2.24) is 10.0 Å². The second-order valence-electron chi connectivity index (χ2n) is 6.48. The van der Waals surface area contributed by atoms with E-state index in [2.05, 4.69) is 32.1 Å². The first-order valence-electron chi connectivity index (χ1n) is 9.21. The van der Waals surface area contributed by atoms with E-state index in [1.54, 1.807) is 24.3 Å². The molecule has 0 spiro atoms. The number of benzene rings is 2. The summed E-state index contributed by atoms with van der Waals surface area (Å²) in [6, 6.07) is 15.1. The third-order valence-electron chi connectivity index (χ3n) is 4.47. The number of sulfonamides is 1. The van der Waals surface area contributed by atoms with Crippen LogP contribution in [-0.4, -0.2) is 40.6 Å². The zero-order valence-electron chi connectivity index (χ0n) is 15.8. The van der Waals surface area contributed by atoms with Crippen LogP contribution in [0.15, 0.2) is 58.4 Å². The first kappa shape index (κ1) is 19.4. The predicted molar refractivity (Wildman–Crippen MR) is 110 cm³/mol. The predicted octanol–water partition coefficient (Wildman–Crippen LogP) is 2.30. The van der Waals surface area contributed by atoms with Crippen molar-refractivity contribution < 1.29 is 8.42 Å². The molecule has 27 heavy (non-hydrogen) atoms. The lowest BCUT2D eigenvalue weighted by Crippen LogP contribution is -2.41. The van der Waals surface area contributed by atoms with Crippen molar-refractivity contribution in [1.29, 1.82) is 0 Å². The molecule has 3 rings (SSSR count). The molecule has 0 atom stereocenters. The van der Waals surface area contributed by atoms with E-state index < -0.39 is 10.0 Å². The smallest absolute Gasteiger partial charge is 0.240 e. The van der Waals surface area contributed by atoms with Gasteiger partial charge < -0.3 is 10.2 Å². The Hall–Kier alpha value is -2.38. The number of guanidine groups is 1. The van der Waals surface area contributed by atoms with Crippen molar-refractivity contribution in [3.63, 3.8) is 0 Å². The highest BCUT2D eigenvalue weighted by Crippen LogP contribution is 2.27. The maximum atomic E-state index is 12.3. The van der Waals surface area contributed by atoms with Gasteiger partial charge in [-0.3, -0.25) is 4.99 Å². The lowest BCUT2D eigenvalue weighted by molar-refractivity contribution is 0.582. The summed E-state index contributed by atoms with van der Waals surface area (Å²) >= 11 is 0. The molecule has 0 aliphatic carbocycles. The number of fused-ring (bicyclic) bond motifs is 1. The fraction of sp³-hybridized carbons (Fsp3) is 0.350.